The quantitative estimate of drug-likeness (QED) is 0.815. The summed E-state index contributed by atoms with van der Waals surface area (Å²) in [6, 6.07) is 0. The summed E-state index contributed by atoms with van der Waals surface area (Å²) in [5, 5.41) is 4.07. The molecule has 2 rings (SSSR count). The Bertz CT molecular complexity index is 394. The van der Waals surface area contributed by atoms with E-state index in [9.17, 15) is 0 Å². The number of rotatable bonds is 1. The number of aromatic nitrogens is 2. The van der Waals surface area contributed by atoms with Crippen molar-refractivity contribution in [2.45, 2.75) is 64.3 Å². The van der Waals surface area contributed by atoms with Crippen LogP contribution >= 0.6 is 0 Å². The molecule has 0 saturated heterocycles. The van der Waals surface area contributed by atoms with Gasteiger partial charge in [0.1, 0.15) is 0 Å². The van der Waals surface area contributed by atoms with E-state index < -0.39 is 5.54 Å². The van der Waals surface area contributed by atoms with Crippen LogP contribution in [-0.4, -0.2) is 10.1 Å². The molecule has 17 heavy (non-hydrogen) atoms. The normalized spacial score (nSPS) is 30.5. The fourth-order valence-electron chi connectivity index (χ4n) is 2.52. The summed E-state index contributed by atoms with van der Waals surface area (Å²) < 4.78 is 5.40. The van der Waals surface area contributed by atoms with E-state index in [1.165, 1.54) is 6.42 Å². The van der Waals surface area contributed by atoms with Crippen molar-refractivity contribution >= 4 is 0 Å². The van der Waals surface area contributed by atoms with Gasteiger partial charge in [0, 0.05) is 5.41 Å². The molecule has 1 heterocycles. The van der Waals surface area contributed by atoms with Gasteiger partial charge in [0.05, 0.1) is 5.54 Å². The lowest BCUT2D eigenvalue weighted by atomic mass is 9.77. The molecule has 1 aliphatic carbocycles. The lowest BCUT2D eigenvalue weighted by Crippen LogP contribution is -2.41. The molecule has 4 nitrogen and oxygen atoms in total. The topological polar surface area (TPSA) is 64.9 Å². The van der Waals surface area contributed by atoms with E-state index in [0.29, 0.717) is 11.8 Å². The van der Waals surface area contributed by atoms with Gasteiger partial charge in [-0.2, -0.15) is 4.98 Å². The molecule has 2 atom stereocenters. The number of hydrogen-bond donors (Lipinski definition) is 1. The minimum atomic E-state index is -0.409. The minimum absolute atomic E-state index is 0.0849. The molecule has 2 N–H and O–H groups in total. The van der Waals surface area contributed by atoms with Crippen molar-refractivity contribution in [3.8, 4) is 0 Å². The molecule has 1 fully saturated rings. The molecule has 1 aromatic rings. The van der Waals surface area contributed by atoms with Crippen LogP contribution in [0.5, 0.6) is 0 Å². The lowest BCUT2D eigenvalue weighted by molar-refractivity contribution is 0.183. The minimum Gasteiger partial charge on any atom is -0.337 e. The summed E-state index contributed by atoms with van der Waals surface area (Å²) in [7, 11) is 0. The highest BCUT2D eigenvalue weighted by atomic mass is 16.5. The Kier molecular flexibility index (Phi) is 3.02. The van der Waals surface area contributed by atoms with Crippen molar-refractivity contribution in [1.82, 2.24) is 10.1 Å². The van der Waals surface area contributed by atoms with Gasteiger partial charge in [0.25, 0.3) is 0 Å². The Morgan fingerprint density at radius 2 is 2.12 bits per heavy atom. The van der Waals surface area contributed by atoms with Gasteiger partial charge in [0.2, 0.25) is 5.89 Å². The lowest BCUT2D eigenvalue weighted by Gasteiger charge is -2.33. The fourth-order valence-corrected chi connectivity index (χ4v) is 2.52. The number of nitrogens with zero attached hydrogens (tertiary/aromatic N) is 2. The highest BCUT2D eigenvalue weighted by molar-refractivity contribution is 5.08. The van der Waals surface area contributed by atoms with Gasteiger partial charge in [-0.05, 0) is 18.8 Å². The van der Waals surface area contributed by atoms with E-state index in [4.69, 9.17) is 10.3 Å². The Morgan fingerprint density at radius 3 is 2.65 bits per heavy atom. The van der Waals surface area contributed by atoms with Crippen molar-refractivity contribution in [1.29, 1.82) is 0 Å². The second-order valence-electron chi connectivity index (χ2n) is 6.53. The molecule has 1 aromatic heterocycles. The molecular formula is C13H23N3O. The monoisotopic (exact) mass is 237 g/mol. The summed E-state index contributed by atoms with van der Waals surface area (Å²) >= 11 is 0. The van der Waals surface area contributed by atoms with E-state index in [1.807, 2.05) is 0 Å². The van der Waals surface area contributed by atoms with Gasteiger partial charge < -0.3 is 10.3 Å². The van der Waals surface area contributed by atoms with Crippen LogP contribution in [-0.2, 0) is 11.0 Å². The summed E-state index contributed by atoms with van der Waals surface area (Å²) in [6.07, 6.45) is 4.28. The van der Waals surface area contributed by atoms with Crippen molar-refractivity contribution in [2.24, 2.45) is 11.7 Å². The molecule has 0 amide bonds. The average molecular weight is 237 g/mol. The first-order chi connectivity index (χ1) is 7.81. The van der Waals surface area contributed by atoms with Gasteiger partial charge in [0.15, 0.2) is 5.82 Å². The second kappa shape index (κ2) is 4.09. The van der Waals surface area contributed by atoms with Crippen LogP contribution in [0, 0.1) is 5.92 Å². The first-order valence-corrected chi connectivity index (χ1v) is 6.45. The Morgan fingerprint density at radius 1 is 1.41 bits per heavy atom. The van der Waals surface area contributed by atoms with Gasteiger partial charge in [-0.25, -0.2) is 0 Å². The maximum Gasteiger partial charge on any atom is 0.246 e. The Hall–Kier alpha value is -0.900. The van der Waals surface area contributed by atoms with Crippen LogP contribution in [0.2, 0.25) is 0 Å². The van der Waals surface area contributed by atoms with Crippen LogP contribution in [0.15, 0.2) is 4.52 Å². The zero-order valence-corrected chi connectivity index (χ0v) is 11.3. The van der Waals surface area contributed by atoms with Gasteiger partial charge in [-0.3, -0.25) is 0 Å². The molecule has 4 heteroatoms. The Balaban J connectivity index is 2.24. The van der Waals surface area contributed by atoms with Crippen LogP contribution in [0.3, 0.4) is 0 Å². The summed E-state index contributed by atoms with van der Waals surface area (Å²) in [4.78, 5) is 4.51. The molecule has 0 aliphatic heterocycles. The van der Waals surface area contributed by atoms with Crippen molar-refractivity contribution < 1.29 is 4.52 Å². The van der Waals surface area contributed by atoms with Crippen LogP contribution in [0.25, 0.3) is 0 Å². The smallest absolute Gasteiger partial charge is 0.246 e. The molecule has 96 valence electrons. The van der Waals surface area contributed by atoms with Gasteiger partial charge in [-0.15, -0.1) is 0 Å². The van der Waals surface area contributed by atoms with Crippen LogP contribution in [0.4, 0.5) is 0 Å². The molecule has 0 radical (unpaired) electrons. The standard InChI is InChI=1S/C13H23N3O/c1-9-6-5-7-13(14,8-9)11-15-10(16-17-11)12(2,3)4/h9H,5-8,14H2,1-4H3. The van der Waals surface area contributed by atoms with E-state index >= 15 is 0 Å². The maximum absolute atomic E-state index is 6.43. The third-order valence-electron chi connectivity index (χ3n) is 3.56. The number of nitrogens with two attached hydrogens (primary N) is 1. The molecule has 1 aliphatic rings. The highest BCUT2D eigenvalue weighted by Gasteiger charge is 2.38. The molecule has 2 unspecified atom stereocenters. The maximum atomic E-state index is 6.43. The molecular weight excluding hydrogens is 214 g/mol. The van der Waals surface area contributed by atoms with Crippen LogP contribution in [0.1, 0.15) is 65.1 Å². The van der Waals surface area contributed by atoms with E-state index in [-0.39, 0.29) is 5.41 Å². The summed E-state index contributed by atoms with van der Waals surface area (Å²) in [6.45, 7) is 8.47. The Labute approximate surface area is 103 Å². The average Bonchev–Trinajstić information content (AvgIpc) is 2.65. The first kappa shape index (κ1) is 12.6. The van der Waals surface area contributed by atoms with Crippen LogP contribution < -0.4 is 5.73 Å². The van der Waals surface area contributed by atoms with Gasteiger partial charge in [-0.1, -0.05) is 45.7 Å². The molecule has 1 saturated carbocycles. The second-order valence-corrected chi connectivity index (χ2v) is 6.53. The van der Waals surface area contributed by atoms with E-state index in [0.717, 1.165) is 25.1 Å². The van der Waals surface area contributed by atoms with Crippen molar-refractivity contribution in [2.75, 3.05) is 0 Å². The highest BCUT2D eigenvalue weighted by Crippen LogP contribution is 2.37. The zero-order valence-electron chi connectivity index (χ0n) is 11.3. The first-order valence-electron chi connectivity index (χ1n) is 6.45. The van der Waals surface area contributed by atoms with E-state index in [2.05, 4.69) is 37.8 Å². The van der Waals surface area contributed by atoms with E-state index in [1.54, 1.807) is 0 Å². The zero-order chi connectivity index (χ0) is 12.7. The fraction of sp³-hybridized carbons (Fsp3) is 0.846. The number of hydrogen-bond acceptors (Lipinski definition) is 4. The SMILES string of the molecule is CC1CCCC(N)(c2nc(C(C)(C)C)no2)C1. The third-order valence-corrected chi connectivity index (χ3v) is 3.56. The molecule has 0 aromatic carbocycles. The third kappa shape index (κ3) is 2.51. The van der Waals surface area contributed by atoms with Gasteiger partial charge >= 0.3 is 0 Å². The van der Waals surface area contributed by atoms with Crippen molar-refractivity contribution in [3.05, 3.63) is 11.7 Å². The predicted molar refractivity (Wildman–Crippen MR) is 66.5 cm³/mol. The largest absolute Gasteiger partial charge is 0.337 e. The summed E-state index contributed by atoms with van der Waals surface area (Å²) in [5.41, 5.74) is 5.94. The van der Waals surface area contributed by atoms with Crippen molar-refractivity contribution in [3.63, 3.8) is 0 Å². The summed E-state index contributed by atoms with van der Waals surface area (Å²) in [5.74, 6) is 2.00. The molecule has 0 spiro atoms. The molecule has 0 bridgehead atoms. The predicted octanol–water partition coefficient (Wildman–Crippen LogP) is 2.73.